The molecule has 3 atom stereocenters. The number of ether oxygens (including phenoxy) is 3. The Kier molecular flexibility index (Phi) is 21.9. The fourth-order valence-corrected chi connectivity index (χ4v) is 9.40. The van der Waals surface area contributed by atoms with Gasteiger partial charge in [-0.3, -0.25) is 14.4 Å². The van der Waals surface area contributed by atoms with Crippen molar-refractivity contribution in [3.05, 3.63) is 85.0 Å². The molecule has 0 spiro atoms. The number of carbonyl (C=O) groups excluding carboxylic acids is 3. The SMILES string of the molecule is C=CCOC(=O)CC(CC(=O)OCC=C)CC(CC)CC1CCCCCCCCCCCCCCC(C(=O)OCC2c3ccccc3-c3ccccc32)CCCC1. The number of hydrogen-bond donors (Lipinski definition) is 0. The first-order valence-electron chi connectivity index (χ1n) is 22.8. The second kappa shape index (κ2) is 27.1. The summed E-state index contributed by atoms with van der Waals surface area (Å²) < 4.78 is 16.9. The van der Waals surface area contributed by atoms with Gasteiger partial charge < -0.3 is 14.2 Å². The minimum absolute atomic E-state index is 0.0223. The zero-order valence-corrected chi connectivity index (χ0v) is 35.4. The smallest absolute Gasteiger partial charge is 0.308 e. The van der Waals surface area contributed by atoms with Crippen LogP contribution >= 0.6 is 0 Å². The Balaban J connectivity index is 1.39. The summed E-state index contributed by atoms with van der Waals surface area (Å²) in [6, 6.07) is 17.1. The third kappa shape index (κ3) is 16.6. The van der Waals surface area contributed by atoms with Crippen LogP contribution in [0.2, 0.25) is 0 Å². The predicted octanol–water partition coefficient (Wildman–Crippen LogP) is 13.3. The molecule has 2 aliphatic carbocycles. The van der Waals surface area contributed by atoms with Crippen molar-refractivity contribution >= 4 is 17.9 Å². The van der Waals surface area contributed by atoms with Crippen molar-refractivity contribution in [1.82, 2.24) is 0 Å². The molecule has 6 heteroatoms. The van der Waals surface area contributed by atoms with Crippen LogP contribution in [0.15, 0.2) is 73.8 Å². The highest BCUT2D eigenvalue weighted by Crippen LogP contribution is 2.44. The molecule has 1 fully saturated rings. The Morgan fingerprint density at radius 1 is 0.614 bits per heavy atom. The van der Waals surface area contributed by atoms with Crippen molar-refractivity contribution in [3.8, 4) is 11.1 Å². The van der Waals surface area contributed by atoms with E-state index >= 15 is 0 Å². The second-order valence-electron chi connectivity index (χ2n) is 17.0. The van der Waals surface area contributed by atoms with E-state index in [-0.39, 0.29) is 61.7 Å². The highest BCUT2D eigenvalue weighted by molar-refractivity contribution is 5.79. The number of benzene rings is 2. The standard InChI is InChI=1S/C51H74O6/c1-4-33-55-49(52)37-42(38-50(53)56-34-5-2)36-40(6-3)35-41-25-17-15-13-11-9-7-8-10-12-14-16-18-27-43(28-20-19-26-41)51(54)57-39-48-46-31-23-21-29-44(46)45-30-22-24-32-47(45)48/h4-5,21-24,29-32,40-43,48H,1-2,6-20,25-28,33-39H2,3H3. The van der Waals surface area contributed by atoms with Gasteiger partial charge in [-0.15, -0.1) is 0 Å². The molecule has 6 nitrogen and oxygen atoms in total. The van der Waals surface area contributed by atoms with Gasteiger partial charge in [0.15, 0.2) is 0 Å². The van der Waals surface area contributed by atoms with Crippen LogP contribution in [-0.4, -0.2) is 37.7 Å². The quantitative estimate of drug-likeness (QED) is 0.0958. The minimum Gasteiger partial charge on any atom is -0.464 e. The summed E-state index contributed by atoms with van der Waals surface area (Å²) >= 11 is 0. The highest BCUT2D eigenvalue weighted by Gasteiger charge is 2.30. The monoisotopic (exact) mass is 783 g/mol. The molecule has 2 aliphatic rings. The molecule has 0 aliphatic heterocycles. The van der Waals surface area contributed by atoms with Gasteiger partial charge >= 0.3 is 17.9 Å². The van der Waals surface area contributed by atoms with Crippen molar-refractivity contribution in [2.24, 2.45) is 23.7 Å². The van der Waals surface area contributed by atoms with Crippen LogP contribution in [0.3, 0.4) is 0 Å². The number of esters is 3. The molecule has 1 saturated carbocycles. The third-order valence-corrected chi connectivity index (χ3v) is 12.6. The van der Waals surface area contributed by atoms with Gasteiger partial charge in [-0.05, 0) is 65.7 Å². The molecule has 2 aromatic carbocycles. The van der Waals surface area contributed by atoms with Gasteiger partial charge in [0, 0.05) is 18.8 Å². The maximum Gasteiger partial charge on any atom is 0.308 e. The lowest BCUT2D eigenvalue weighted by Gasteiger charge is -2.26. The number of rotatable bonds is 16. The lowest BCUT2D eigenvalue weighted by Crippen LogP contribution is -2.21. The molecular formula is C51H74O6. The molecular weight excluding hydrogens is 709 g/mol. The van der Waals surface area contributed by atoms with Gasteiger partial charge in [0.25, 0.3) is 0 Å². The van der Waals surface area contributed by atoms with Gasteiger partial charge in [0.2, 0.25) is 0 Å². The molecule has 2 aromatic rings. The summed E-state index contributed by atoms with van der Waals surface area (Å²) in [6.45, 7) is 10.3. The molecule has 314 valence electrons. The Hall–Kier alpha value is -3.67. The minimum atomic E-state index is -0.292. The van der Waals surface area contributed by atoms with Gasteiger partial charge in [-0.2, -0.15) is 0 Å². The highest BCUT2D eigenvalue weighted by atomic mass is 16.5. The molecule has 0 amide bonds. The maximum absolute atomic E-state index is 13.9. The Morgan fingerprint density at radius 3 is 1.54 bits per heavy atom. The van der Waals surface area contributed by atoms with Gasteiger partial charge in [0.05, 0.1) is 5.92 Å². The first kappa shape index (κ1) is 46.0. The van der Waals surface area contributed by atoms with Gasteiger partial charge in [-0.25, -0.2) is 0 Å². The van der Waals surface area contributed by atoms with Crippen LogP contribution in [0.4, 0.5) is 0 Å². The lowest BCUT2D eigenvalue weighted by molar-refractivity contribution is -0.150. The van der Waals surface area contributed by atoms with E-state index in [0.29, 0.717) is 18.4 Å². The van der Waals surface area contributed by atoms with Crippen LogP contribution in [0.25, 0.3) is 11.1 Å². The second-order valence-corrected chi connectivity index (χ2v) is 17.0. The van der Waals surface area contributed by atoms with Gasteiger partial charge in [-0.1, -0.05) is 190 Å². The average Bonchev–Trinajstić information content (AvgIpc) is 3.54. The molecule has 0 N–H and O–H groups in total. The van der Waals surface area contributed by atoms with E-state index in [4.69, 9.17) is 14.2 Å². The normalized spacial score (nSPS) is 19.7. The van der Waals surface area contributed by atoms with Crippen molar-refractivity contribution in [2.45, 2.75) is 161 Å². The van der Waals surface area contributed by atoms with E-state index in [0.717, 1.165) is 57.8 Å². The number of hydrogen-bond acceptors (Lipinski definition) is 6. The summed E-state index contributed by atoms with van der Waals surface area (Å²) in [7, 11) is 0. The largest absolute Gasteiger partial charge is 0.464 e. The van der Waals surface area contributed by atoms with Crippen molar-refractivity contribution < 1.29 is 28.6 Å². The summed E-state index contributed by atoms with van der Waals surface area (Å²) in [6.07, 6.45) is 28.0. The zero-order valence-electron chi connectivity index (χ0n) is 35.4. The molecule has 0 aromatic heterocycles. The van der Waals surface area contributed by atoms with E-state index < -0.39 is 0 Å². The summed E-state index contributed by atoms with van der Waals surface area (Å²) in [5.74, 6) is 0.261. The van der Waals surface area contributed by atoms with Crippen molar-refractivity contribution in [1.29, 1.82) is 0 Å². The Morgan fingerprint density at radius 2 is 1.05 bits per heavy atom. The summed E-state index contributed by atoms with van der Waals surface area (Å²) in [5.41, 5.74) is 5.02. The first-order valence-corrected chi connectivity index (χ1v) is 22.8. The summed E-state index contributed by atoms with van der Waals surface area (Å²) in [5, 5.41) is 0. The van der Waals surface area contributed by atoms with E-state index in [1.807, 2.05) is 0 Å². The molecule has 4 rings (SSSR count). The van der Waals surface area contributed by atoms with Gasteiger partial charge in [0.1, 0.15) is 19.8 Å². The molecule has 0 bridgehead atoms. The summed E-state index contributed by atoms with van der Waals surface area (Å²) in [4.78, 5) is 39.2. The molecule has 0 saturated heterocycles. The van der Waals surface area contributed by atoms with E-state index in [1.54, 1.807) is 12.2 Å². The first-order chi connectivity index (χ1) is 27.9. The van der Waals surface area contributed by atoms with E-state index in [9.17, 15) is 14.4 Å². The molecule has 0 radical (unpaired) electrons. The fourth-order valence-electron chi connectivity index (χ4n) is 9.40. The molecule has 0 heterocycles. The van der Waals surface area contributed by atoms with E-state index in [2.05, 4.69) is 68.6 Å². The third-order valence-electron chi connectivity index (χ3n) is 12.6. The molecule has 57 heavy (non-hydrogen) atoms. The van der Waals surface area contributed by atoms with Crippen LogP contribution < -0.4 is 0 Å². The zero-order chi connectivity index (χ0) is 40.5. The van der Waals surface area contributed by atoms with Crippen LogP contribution in [0, 0.1) is 23.7 Å². The van der Waals surface area contributed by atoms with Crippen LogP contribution in [0.1, 0.15) is 172 Å². The Labute approximate surface area is 345 Å². The number of carbonyl (C=O) groups is 3. The van der Waals surface area contributed by atoms with Crippen molar-refractivity contribution in [2.75, 3.05) is 19.8 Å². The lowest BCUT2D eigenvalue weighted by atomic mass is 9.79. The number of fused-ring (bicyclic) bond motifs is 3. The topological polar surface area (TPSA) is 78.9 Å². The van der Waals surface area contributed by atoms with E-state index in [1.165, 1.54) is 99.3 Å². The fraction of sp³-hybridized carbons (Fsp3) is 0.627. The van der Waals surface area contributed by atoms with Crippen LogP contribution in [-0.2, 0) is 28.6 Å². The average molecular weight is 783 g/mol. The molecule has 3 unspecified atom stereocenters. The van der Waals surface area contributed by atoms with Crippen LogP contribution in [0.5, 0.6) is 0 Å². The Bertz CT molecular complexity index is 1420. The predicted molar refractivity (Wildman–Crippen MR) is 233 cm³/mol. The van der Waals surface area contributed by atoms with Crippen molar-refractivity contribution in [3.63, 3.8) is 0 Å². The maximum atomic E-state index is 13.9.